The van der Waals surface area contributed by atoms with Crippen LogP contribution in [0.4, 0.5) is 0 Å². The Kier molecular flexibility index (Phi) is 8.27. The molecule has 1 atom stereocenters. The third-order valence-corrected chi connectivity index (χ3v) is 4.46. The average Bonchev–Trinajstić information content (AvgIpc) is 3.31. The van der Waals surface area contributed by atoms with E-state index in [1.807, 2.05) is 6.92 Å². The van der Waals surface area contributed by atoms with Crippen molar-refractivity contribution in [2.24, 2.45) is 5.92 Å². The fraction of sp³-hybridized carbons (Fsp3) is 0.941. The molecule has 0 aromatic rings. The third-order valence-electron chi connectivity index (χ3n) is 4.46. The second-order valence-electron chi connectivity index (χ2n) is 6.54. The van der Waals surface area contributed by atoms with E-state index in [1.54, 1.807) is 0 Å². The highest BCUT2D eigenvalue weighted by Gasteiger charge is 2.32. The Bertz CT molecular complexity index is 305. The monoisotopic (exact) mass is 298 g/mol. The van der Waals surface area contributed by atoms with Crippen LogP contribution in [0.3, 0.4) is 0 Å². The van der Waals surface area contributed by atoms with Gasteiger partial charge in [0.1, 0.15) is 5.54 Å². The van der Waals surface area contributed by atoms with Crippen molar-refractivity contribution >= 4 is 5.97 Å². The number of nitrogens with one attached hydrogen (secondary N) is 1. The first-order valence-electron chi connectivity index (χ1n) is 8.61. The molecule has 1 unspecified atom stereocenters. The molecule has 1 rings (SSSR count). The summed E-state index contributed by atoms with van der Waals surface area (Å²) >= 11 is 0. The van der Waals surface area contributed by atoms with Gasteiger partial charge in [-0.15, -0.1) is 0 Å². The number of methoxy groups -OCH3 is 1. The Hall–Kier alpha value is -0.610. The second kappa shape index (κ2) is 9.42. The molecule has 0 heterocycles. The molecule has 1 saturated carbocycles. The van der Waals surface area contributed by atoms with Crippen molar-refractivity contribution in [1.29, 1.82) is 0 Å². The maximum absolute atomic E-state index is 12.0. The first kappa shape index (κ1) is 18.4. The van der Waals surface area contributed by atoms with Crippen LogP contribution in [0.2, 0.25) is 0 Å². The van der Waals surface area contributed by atoms with Gasteiger partial charge >= 0.3 is 5.97 Å². The Morgan fingerprint density at radius 1 is 1.33 bits per heavy atom. The van der Waals surface area contributed by atoms with Gasteiger partial charge in [-0.25, -0.2) is 0 Å². The lowest BCUT2D eigenvalue weighted by Gasteiger charge is -2.28. The zero-order chi connectivity index (χ0) is 15.7. The molecule has 1 fully saturated rings. The Balaban J connectivity index is 2.29. The number of ether oxygens (including phenoxy) is 1. The molecule has 21 heavy (non-hydrogen) atoms. The van der Waals surface area contributed by atoms with Gasteiger partial charge in [0, 0.05) is 6.54 Å². The lowest BCUT2D eigenvalue weighted by atomic mass is 9.94. The van der Waals surface area contributed by atoms with Crippen molar-refractivity contribution in [2.45, 2.75) is 64.8 Å². The molecule has 0 spiro atoms. The van der Waals surface area contributed by atoms with Gasteiger partial charge in [-0.1, -0.05) is 13.8 Å². The maximum Gasteiger partial charge on any atom is 0.325 e. The minimum Gasteiger partial charge on any atom is -0.468 e. The number of carbonyl (C=O) groups excluding carboxylic acids is 1. The van der Waals surface area contributed by atoms with E-state index in [0.717, 1.165) is 51.2 Å². The van der Waals surface area contributed by atoms with Gasteiger partial charge in [-0.05, 0) is 71.0 Å². The molecule has 1 aliphatic rings. The van der Waals surface area contributed by atoms with Gasteiger partial charge in [-0.3, -0.25) is 4.79 Å². The van der Waals surface area contributed by atoms with Crippen LogP contribution in [0.1, 0.15) is 59.3 Å². The van der Waals surface area contributed by atoms with Crippen LogP contribution in [-0.4, -0.2) is 49.7 Å². The minimum atomic E-state index is -0.529. The second-order valence-corrected chi connectivity index (χ2v) is 6.54. The molecule has 0 saturated heterocycles. The fourth-order valence-electron chi connectivity index (χ4n) is 2.75. The summed E-state index contributed by atoms with van der Waals surface area (Å²) in [5, 5.41) is 3.35. The zero-order valence-electron chi connectivity index (χ0n) is 14.4. The van der Waals surface area contributed by atoms with E-state index in [9.17, 15) is 4.79 Å². The highest BCUT2D eigenvalue weighted by atomic mass is 16.5. The van der Waals surface area contributed by atoms with Gasteiger partial charge in [0.2, 0.25) is 0 Å². The molecule has 1 aliphatic carbocycles. The van der Waals surface area contributed by atoms with Gasteiger partial charge in [0.05, 0.1) is 7.11 Å². The summed E-state index contributed by atoms with van der Waals surface area (Å²) in [4.78, 5) is 14.5. The molecule has 0 aliphatic heterocycles. The van der Waals surface area contributed by atoms with E-state index in [4.69, 9.17) is 4.74 Å². The zero-order valence-corrected chi connectivity index (χ0v) is 14.4. The lowest BCUT2D eigenvalue weighted by molar-refractivity contribution is -0.148. The summed E-state index contributed by atoms with van der Waals surface area (Å²) in [7, 11) is 1.47. The van der Waals surface area contributed by atoms with E-state index in [-0.39, 0.29) is 5.97 Å². The van der Waals surface area contributed by atoms with Crippen LogP contribution >= 0.6 is 0 Å². The topological polar surface area (TPSA) is 41.6 Å². The van der Waals surface area contributed by atoms with Crippen LogP contribution in [-0.2, 0) is 9.53 Å². The lowest BCUT2D eigenvalue weighted by Crippen LogP contribution is -2.50. The van der Waals surface area contributed by atoms with Gasteiger partial charge in [0.15, 0.2) is 0 Å². The number of unbranched alkanes of at least 4 members (excludes halogenated alkanes) is 1. The average molecular weight is 298 g/mol. The number of esters is 1. The van der Waals surface area contributed by atoms with Crippen LogP contribution < -0.4 is 5.32 Å². The van der Waals surface area contributed by atoms with Crippen molar-refractivity contribution in [3.63, 3.8) is 0 Å². The first-order valence-corrected chi connectivity index (χ1v) is 8.61. The number of nitrogens with zero attached hydrogens (tertiary/aromatic N) is 1. The minimum absolute atomic E-state index is 0.138. The number of hydrogen-bond donors (Lipinski definition) is 1. The predicted molar refractivity (Wildman–Crippen MR) is 87.4 cm³/mol. The number of carbonyl (C=O) groups is 1. The van der Waals surface area contributed by atoms with Crippen LogP contribution in [0.15, 0.2) is 0 Å². The first-order chi connectivity index (χ1) is 10.1. The summed E-state index contributed by atoms with van der Waals surface area (Å²) in [6.07, 6.45) is 6.92. The van der Waals surface area contributed by atoms with E-state index < -0.39 is 5.54 Å². The van der Waals surface area contributed by atoms with E-state index in [1.165, 1.54) is 26.5 Å². The largest absolute Gasteiger partial charge is 0.468 e. The SMILES string of the molecule is CCCNC(C)(CCCCN(CC)CC1CC1)C(=O)OC. The van der Waals surface area contributed by atoms with Crippen molar-refractivity contribution in [1.82, 2.24) is 10.2 Å². The number of hydrogen-bond acceptors (Lipinski definition) is 4. The molecular formula is C17H34N2O2. The van der Waals surface area contributed by atoms with Crippen molar-refractivity contribution in [3.8, 4) is 0 Å². The third kappa shape index (κ3) is 6.79. The van der Waals surface area contributed by atoms with Crippen LogP contribution in [0.25, 0.3) is 0 Å². The summed E-state index contributed by atoms with van der Waals surface area (Å²) < 4.78 is 4.96. The fourth-order valence-corrected chi connectivity index (χ4v) is 2.75. The summed E-state index contributed by atoms with van der Waals surface area (Å²) in [6, 6.07) is 0. The normalized spacial score (nSPS) is 17.8. The highest BCUT2D eigenvalue weighted by Crippen LogP contribution is 2.29. The molecule has 4 heteroatoms. The van der Waals surface area contributed by atoms with E-state index >= 15 is 0 Å². The number of rotatable bonds is 12. The Morgan fingerprint density at radius 3 is 2.57 bits per heavy atom. The maximum atomic E-state index is 12.0. The van der Waals surface area contributed by atoms with Crippen molar-refractivity contribution in [2.75, 3.05) is 33.3 Å². The Labute approximate surface area is 130 Å². The van der Waals surface area contributed by atoms with Crippen LogP contribution in [0.5, 0.6) is 0 Å². The molecule has 4 nitrogen and oxygen atoms in total. The summed E-state index contributed by atoms with van der Waals surface area (Å²) in [5.41, 5.74) is -0.529. The molecule has 0 amide bonds. The Morgan fingerprint density at radius 2 is 2.05 bits per heavy atom. The molecule has 0 bridgehead atoms. The molecule has 124 valence electrons. The predicted octanol–water partition coefficient (Wildman–Crippen LogP) is 2.82. The van der Waals surface area contributed by atoms with Crippen molar-refractivity contribution in [3.05, 3.63) is 0 Å². The smallest absolute Gasteiger partial charge is 0.325 e. The summed E-state index contributed by atoms with van der Waals surface area (Å²) in [5.74, 6) is 0.817. The van der Waals surface area contributed by atoms with Gasteiger partial charge in [-0.2, -0.15) is 0 Å². The molecule has 0 aromatic heterocycles. The molecule has 0 aromatic carbocycles. The van der Waals surface area contributed by atoms with E-state index in [2.05, 4.69) is 24.1 Å². The molecule has 1 N–H and O–H groups in total. The standard InChI is InChI=1S/C17H34N2O2/c1-5-12-18-17(3,16(20)21-4)11-7-8-13-19(6-2)14-15-9-10-15/h15,18H,5-14H2,1-4H3. The van der Waals surface area contributed by atoms with Gasteiger partial charge < -0.3 is 15.0 Å². The highest BCUT2D eigenvalue weighted by molar-refractivity contribution is 5.80. The van der Waals surface area contributed by atoms with Crippen LogP contribution in [0, 0.1) is 5.92 Å². The molecule has 0 radical (unpaired) electrons. The summed E-state index contributed by atoms with van der Waals surface area (Å²) in [6.45, 7) is 10.7. The quantitative estimate of drug-likeness (QED) is 0.444. The molecular weight excluding hydrogens is 264 g/mol. The van der Waals surface area contributed by atoms with E-state index in [0.29, 0.717) is 0 Å². The van der Waals surface area contributed by atoms with Gasteiger partial charge in [0.25, 0.3) is 0 Å². The van der Waals surface area contributed by atoms with Crippen molar-refractivity contribution < 1.29 is 9.53 Å².